The predicted molar refractivity (Wildman–Crippen MR) is 101 cm³/mol. The smallest absolute Gasteiger partial charge is 0.330 e. The molecule has 0 bridgehead atoms. The maximum Gasteiger partial charge on any atom is 0.330 e. The van der Waals surface area contributed by atoms with Crippen LogP contribution in [-0.4, -0.2) is 55.3 Å². The van der Waals surface area contributed by atoms with Crippen molar-refractivity contribution in [3.63, 3.8) is 0 Å². The van der Waals surface area contributed by atoms with Gasteiger partial charge in [-0.15, -0.1) is 0 Å². The maximum atomic E-state index is 12.8. The molecule has 0 spiro atoms. The molecule has 154 valence electrons. The van der Waals surface area contributed by atoms with Crippen molar-refractivity contribution in [3.05, 3.63) is 50.7 Å². The van der Waals surface area contributed by atoms with Gasteiger partial charge in [0.05, 0.1) is 19.3 Å². The average Bonchev–Trinajstić information content (AvgIpc) is 3.10. The highest BCUT2D eigenvalue weighted by atomic mass is 32.2. The van der Waals surface area contributed by atoms with E-state index in [-0.39, 0.29) is 12.6 Å². The molecule has 28 heavy (non-hydrogen) atoms. The van der Waals surface area contributed by atoms with Crippen LogP contribution in [-0.2, 0) is 28.9 Å². The molecule has 10 nitrogen and oxygen atoms in total. The van der Waals surface area contributed by atoms with Crippen LogP contribution in [0.5, 0.6) is 0 Å². The third-order valence-corrected chi connectivity index (χ3v) is 6.15. The molecule has 3 rings (SSSR count). The van der Waals surface area contributed by atoms with Gasteiger partial charge in [0.15, 0.2) is 4.90 Å². The number of sulfonamides is 1. The molecule has 0 saturated carbocycles. The van der Waals surface area contributed by atoms with Gasteiger partial charge in [0.25, 0.3) is 5.56 Å². The lowest BCUT2D eigenvalue weighted by Crippen LogP contribution is -2.45. The van der Waals surface area contributed by atoms with Gasteiger partial charge < -0.3 is 13.7 Å². The number of furan rings is 1. The summed E-state index contributed by atoms with van der Waals surface area (Å²) in [6.45, 7) is 4.19. The van der Waals surface area contributed by atoms with Crippen LogP contribution in [0.3, 0.4) is 0 Å². The standard InChI is InChI=1S/C17H24N4O6S/c1-12-4-5-14(27-12)13(21-6-8-26-9-7-21)10-18-28(24,25)15-11-19(2)17(23)20(3)16(15)22/h4-5,11,13,18H,6-10H2,1-3H3/t13-/m1/s1. The Balaban J connectivity index is 1.88. The van der Waals surface area contributed by atoms with E-state index in [1.807, 2.05) is 19.1 Å². The van der Waals surface area contributed by atoms with E-state index in [0.29, 0.717) is 32.1 Å². The fourth-order valence-electron chi connectivity index (χ4n) is 3.16. The van der Waals surface area contributed by atoms with Crippen LogP contribution < -0.4 is 16.0 Å². The van der Waals surface area contributed by atoms with Gasteiger partial charge in [-0.3, -0.25) is 14.3 Å². The van der Waals surface area contributed by atoms with Crippen molar-refractivity contribution in [2.75, 3.05) is 32.8 Å². The van der Waals surface area contributed by atoms with Crippen LogP contribution >= 0.6 is 0 Å². The Morgan fingerprint density at radius 3 is 2.46 bits per heavy atom. The number of aromatic nitrogens is 2. The Bertz CT molecular complexity index is 1060. The van der Waals surface area contributed by atoms with E-state index in [1.54, 1.807) is 0 Å². The largest absolute Gasteiger partial charge is 0.465 e. The molecule has 1 aliphatic heterocycles. The maximum absolute atomic E-state index is 12.8. The number of nitrogens with zero attached hydrogens (tertiary/aromatic N) is 3. The molecule has 1 aliphatic rings. The molecular formula is C17H24N4O6S. The molecule has 2 aromatic rings. The van der Waals surface area contributed by atoms with Crippen LogP contribution in [0.2, 0.25) is 0 Å². The molecule has 0 radical (unpaired) electrons. The van der Waals surface area contributed by atoms with Crippen molar-refractivity contribution in [2.45, 2.75) is 17.9 Å². The summed E-state index contributed by atoms with van der Waals surface area (Å²) >= 11 is 0. The van der Waals surface area contributed by atoms with Crippen LogP contribution in [0, 0.1) is 6.92 Å². The highest BCUT2D eigenvalue weighted by Crippen LogP contribution is 2.23. The van der Waals surface area contributed by atoms with Crippen molar-refractivity contribution < 1.29 is 17.6 Å². The molecule has 3 heterocycles. The average molecular weight is 412 g/mol. The lowest BCUT2D eigenvalue weighted by molar-refractivity contribution is 0.0127. The SMILES string of the molecule is Cc1ccc([C@@H](CNS(=O)(=O)c2cn(C)c(=O)n(C)c2=O)N2CCOCC2)o1. The van der Waals surface area contributed by atoms with Crippen molar-refractivity contribution in [2.24, 2.45) is 14.1 Å². The normalized spacial score (nSPS) is 17.0. The molecule has 0 aliphatic carbocycles. The van der Waals surface area contributed by atoms with Crippen molar-refractivity contribution in [1.29, 1.82) is 0 Å². The Morgan fingerprint density at radius 1 is 1.18 bits per heavy atom. The summed E-state index contributed by atoms with van der Waals surface area (Å²) in [6, 6.07) is 3.29. The van der Waals surface area contributed by atoms with Gasteiger partial charge in [0.2, 0.25) is 10.0 Å². The molecule has 1 fully saturated rings. The van der Waals surface area contributed by atoms with E-state index in [4.69, 9.17) is 9.15 Å². The monoisotopic (exact) mass is 412 g/mol. The van der Waals surface area contributed by atoms with E-state index >= 15 is 0 Å². The van der Waals surface area contributed by atoms with Crippen LogP contribution in [0.1, 0.15) is 17.6 Å². The quantitative estimate of drug-likeness (QED) is 0.669. The van der Waals surface area contributed by atoms with Gasteiger partial charge >= 0.3 is 5.69 Å². The molecule has 0 aromatic carbocycles. The van der Waals surface area contributed by atoms with Crippen LogP contribution in [0.4, 0.5) is 0 Å². The van der Waals surface area contributed by atoms with Gasteiger partial charge in [0, 0.05) is 39.9 Å². The summed E-state index contributed by atoms with van der Waals surface area (Å²) in [5.74, 6) is 1.36. The highest BCUT2D eigenvalue weighted by molar-refractivity contribution is 7.89. The summed E-state index contributed by atoms with van der Waals surface area (Å²) < 4.78 is 41.0. The second kappa shape index (κ2) is 8.03. The molecule has 1 N–H and O–H groups in total. The Labute approximate surface area is 162 Å². The molecular weight excluding hydrogens is 388 g/mol. The zero-order valence-corrected chi connectivity index (χ0v) is 16.9. The highest BCUT2D eigenvalue weighted by Gasteiger charge is 2.28. The number of rotatable bonds is 6. The molecule has 2 aromatic heterocycles. The topological polar surface area (TPSA) is 116 Å². The van der Waals surface area contributed by atoms with Gasteiger partial charge in [-0.25, -0.2) is 17.9 Å². The first-order valence-electron chi connectivity index (χ1n) is 8.85. The minimum atomic E-state index is -4.13. The summed E-state index contributed by atoms with van der Waals surface area (Å²) in [5, 5.41) is 0. The van der Waals surface area contributed by atoms with Crippen molar-refractivity contribution in [3.8, 4) is 0 Å². The third kappa shape index (κ3) is 4.12. The number of nitrogens with one attached hydrogen (secondary N) is 1. The number of aryl methyl sites for hydroxylation is 2. The van der Waals surface area contributed by atoms with E-state index in [0.717, 1.165) is 21.1 Å². The zero-order valence-electron chi connectivity index (χ0n) is 16.0. The summed E-state index contributed by atoms with van der Waals surface area (Å²) in [6.07, 6.45) is 1.04. The van der Waals surface area contributed by atoms with Gasteiger partial charge in [-0.1, -0.05) is 0 Å². The fraction of sp³-hybridized carbons (Fsp3) is 0.529. The molecule has 0 amide bonds. The van der Waals surface area contributed by atoms with E-state index in [9.17, 15) is 18.0 Å². The first-order valence-corrected chi connectivity index (χ1v) is 10.3. The molecule has 11 heteroatoms. The number of hydrogen-bond donors (Lipinski definition) is 1. The Hall–Kier alpha value is -2.21. The lowest BCUT2D eigenvalue weighted by atomic mass is 10.2. The molecule has 1 atom stereocenters. The molecule has 1 saturated heterocycles. The van der Waals surface area contributed by atoms with E-state index < -0.39 is 26.2 Å². The molecule has 0 unspecified atom stereocenters. The second-order valence-electron chi connectivity index (χ2n) is 6.72. The van der Waals surface area contributed by atoms with Gasteiger partial charge in [-0.2, -0.15) is 0 Å². The summed E-state index contributed by atoms with van der Waals surface area (Å²) in [7, 11) is -1.50. The third-order valence-electron chi connectivity index (χ3n) is 4.75. The Kier molecular flexibility index (Phi) is 5.89. The first kappa shape index (κ1) is 20.5. The number of morpholine rings is 1. The lowest BCUT2D eigenvalue weighted by Gasteiger charge is -2.33. The fourth-order valence-corrected chi connectivity index (χ4v) is 4.35. The summed E-state index contributed by atoms with van der Waals surface area (Å²) in [5.41, 5.74) is -1.46. The second-order valence-corrected chi connectivity index (χ2v) is 8.45. The van der Waals surface area contributed by atoms with Crippen LogP contribution in [0.15, 0.2) is 37.2 Å². The van der Waals surface area contributed by atoms with Crippen LogP contribution in [0.25, 0.3) is 0 Å². The first-order chi connectivity index (χ1) is 13.2. The van der Waals surface area contributed by atoms with E-state index in [1.165, 1.54) is 14.1 Å². The summed E-state index contributed by atoms with van der Waals surface area (Å²) in [4.78, 5) is 25.7. The van der Waals surface area contributed by atoms with Crippen molar-refractivity contribution in [1.82, 2.24) is 18.8 Å². The van der Waals surface area contributed by atoms with Gasteiger partial charge in [-0.05, 0) is 19.1 Å². The minimum absolute atomic E-state index is 0.0152. The Morgan fingerprint density at radius 2 is 1.86 bits per heavy atom. The minimum Gasteiger partial charge on any atom is -0.465 e. The van der Waals surface area contributed by atoms with E-state index in [2.05, 4.69) is 9.62 Å². The number of ether oxygens (including phenoxy) is 1. The zero-order chi connectivity index (χ0) is 20.5. The number of hydrogen-bond acceptors (Lipinski definition) is 7. The van der Waals surface area contributed by atoms with Gasteiger partial charge in [0.1, 0.15) is 11.5 Å². The predicted octanol–water partition coefficient (Wildman–Crippen LogP) is -0.663. The van der Waals surface area contributed by atoms with Crippen molar-refractivity contribution >= 4 is 10.0 Å².